The van der Waals surface area contributed by atoms with E-state index in [9.17, 15) is 4.79 Å². The number of rotatable bonds is 2. The summed E-state index contributed by atoms with van der Waals surface area (Å²) in [4.78, 5) is 15.0. The number of carbonyl (C=O) groups is 1. The van der Waals surface area contributed by atoms with Crippen LogP contribution in [-0.4, -0.2) is 41.9 Å². The Kier molecular flexibility index (Phi) is 4.70. The van der Waals surface area contributed by atoms with E-state index >= 15 is 0 Å². The van der Waals surface area contributed by atoms with Gasteiger partial charge in [0.2, 0.25) is 0 Å². The third-order valence-corrected chi connectivity index (χ3v) is 5.01. The van der Waals surface area contributed by atoms with Gasteiger partial charge in [0.05, 0.1) is 6.54 Å². The normalized spacial score (nSPS) is 18.2. The molecule has 5 heteroatoms. The molecule has 96 valence electrons. The molecule has 1 amide bonds. The fourth-order valence-electron chi connectivity index (χ4n) is 1.87. The molecule has 2 N–H and O–H groups in total. The van der Waals surface area contributed by atoms with Crippen molar-refractivity contribution in [3.8, 4) is 11.8 Å². The summed E-state index contributed by atoms with van der Waals surface area (Å²) in [6.45, 7) is 0.318. The van der Waals surface area contributed by atoms with E-state index in [1.54, 1.807) is 0 Å². The first-order valence-corrected chi connectivity index (χ1v) is 7.88. The predicted molar refractivity (Wildman–Crippen MR) is 78.1 cm³/mol. The van der Waals surface area contributed by atoms with E-state index in [4.69, 9.17) is 5.73 Å². The Morgan fingerprint density at radius 3 is 3.17 bits per heavy atom. The molecule has 1 aromatic rings. The lowest BCUT2D eigenvalue weighted by molar-refractivity contribution is 0.0752. The molecule has 1 saturated heterocycles. The van der Waals surface area contributed by atoms with Gasteiger partial charge in [-0.15, -0.1) is 11.3 Å². The molecule has 3 nitrogen and oxygen atoms in total. The summed E-state index contributed by atoms with van der Waals surface area (Å²) in [6.07, 6.45) is 1.09. The van der Waals surface area contributed by atoms with E-state index in [1.165, 1.54) is 11.3 Å². The molecule has 2 heterocycles. The number of hydrogen-bond acceptors (Lipinski definition) is 4. The van der Waals surface area contributed by atoms with Crippen molar-refractivity contribution < 1.29 is 4.79 Å². The van der Waals surface area contributed by atoms with Crippen molar-refractivity contribution >= 4 is 29.0 Å². The molecule has 1 fully saturated rings. The van der Waals surface area contributed by atoms with Crippen molar-refractivity contribution in [3.63, 3.8) is 0 Å². The van der Waals surface area contributed by atoms with Crippen LogP contribution in [0.15, 0.2) is 11.4 Å². The van der Waals surface area contributed by atoms with E-state index in [1.807, 2.05) is 35.2 Å². The molecule has 0 saturated carbocycles. The first-order valence-electron chi connectivity index (χ1n) is 5.85. The molecule has 18 heavy (non-hydrogen) atoms. The van der Waals surface area contributed by atoms with Crippen molar-refractivity contribution in [1.29, 1.82) is 0 Å². The molecule has 2 rings (SSSR count). The van der Waals surface area contributed by atoms with Gasteiger partial charge >= 0.3 is 0 Å². The Morgan fingerprint density at radius 2 is 2.50 bits per heavy atom. The van der Waals surface area contributed by atoms with Crippen molar-refractivity contribution in [1.82, 2.24) is 4.90 Å². The monoisotopic (exact) mass is 280 g/mol. The number of hydrogen-bond donors (Lipinski definition) is 1. The fraction of sp³-hybridized carbons (Fsp3) is 0.462. The highest BCUT2D eigenvalue weighted by atomic mass is 32.2. The smallest absolute Gasteiger partial charge is 0.265 e. The second-order valence-corrected chi connectivity index (χ2v) is 6.17. The van der Waals surface area contributed by atoms with Crippen LogP contribution in [0.2, 0.25) is 0 Å². The molecule has 1 atom stereocenters. The number of thiophene rings is 1. The van der Waals surface area contributed by atoms with Crippen LogP contribution in [0.1, 0.15) is 21.7 Å². The van der Waals surface area contributed by atoms with Gasteiger partial charge in [-0.2, -0.15) is 11.8 Å². The first kappa shape index (κ1) is 13.5. The third-order valence-electron chi connectivity index (χ3n) is 2.96. The molecule has 1 aromatic heterocycles. The lowest BCUT2D eigenvalue weighted by atomic mass is 10.2. The Bertz CT molecular complexity index is 481. The number of nitrogens with two attached hydrogens (primary N) is 1. The van der Waals surface area contributed by atoms with Crippen molar-refractivity contribution in [2.24, 2.45) is 5.73 Å². The van der Waals surface area contributed by atoms with Crippen LogP contribution >= 0.6 is 23.1 Å². The average Bonchev–Trinajstić information content (AvgIpc) is 3.05. The maximum atomic E-state index is 12.4. The molecule has 1 unspecified atom stereocenters. The quantitative estimate of drug-likeness (QED) is 0.838. The highest BCUT2D eigenvalue weighted by Gasteiger charge is 2.26. The van der Waals surface area contributed by atoms with Crippen molar-refractivity contribution in [2.45, 2.75) is 12.5 Å². The largest absolute Gasteiger partial charge is 0.337 e. The van der Waals surface area contributed by atoms with Gasteiger partial charge in [-0.05, 0) is 23.6 Å². The first-order chi connectivity index (χ1) is 8.74. The second kappa shape index (κ2) is 6.28. The molecule has 0 spiro atoms. The zero-order valence-corrected chi connectivity index (χ0v) is 11.9. The van der Waals surface area contributed by atoms with Crippen LogP contribution < -0.4 is 5.73 Å². The summed E-state index contributed by atoms with van der Waals surface area (Å²) in [7, 11) is 1.89. The second-order valence-electron chi connectivity index (χ2n) is 4.10. The minimum Gasteiger partial charge on any atom is -0.337 e. The minimum atomic E-state index is 0.0822. The van der Waals surface area contributed by atoms with Crippen LogP contribution in [0.4, 0.5) is 0 Å². The summed E-state index contributed by atoms with van der Waals surface area (Å²) in [5, 5.41) is 1.91. The van der Waals surface area contributed by atoms with Gasteiger partial charge < -0.3 is 10.6 Å². The van der Waals surface area contributed by atoms with Gasteiger partial charge in [0.1, 0.15) is 4.88 Å². The van der Waals surface area contributed by atoms with Gasteiger partial charge in [0.25, 0.3) is 5.91 Å². The molecule has 0 aromatic carbocycles. The molecule has 1 aliphatic rings. The van der Waals surface area contributed by atoms with Crippen LogP contribution in [0.25, 0.3) is 0 Å². The van der Waals surface area contributed by atoms with Gasteiger partial charge in [-0.3, -0.25) is 4.79 Å². The summed E-state index contributed by atoms with van der Waals surface area (Å²) in [5.41, 5.74) is 6.16. The lowest BCUT2D eigenvalue weighted by Crippen LogP contribution is -2.36. The maximum absolute atomic E-state index is 12.4. The molecular formula is C13H16N2OS2. The highest BCUT2D eigenvalue weighted by Crippen LogP contribution is 2.25. The maximum Gasteiger partial charge on any atom is 0.265 e. The van der Waals surface area contributed by atoms with Crippen LogP contribution in [-0.2, 0) is 0 Å². The minimum absolute atomic E-state index is 0.0822. The van der Waals surface area contributed by atoms with Gasteiger partial charge in [0.15, 0.2) is 0 Å². The van der Waals surface area contributed by atoms with E-state index in [0.717, 1.165) is 28.4 Å². The fourth-order valence-corrected chi connectivity index (χ4v) is 3.97. The Hall–Kier alpha value is -0.960. The van der Waals surface area contributed by atoms with Gasteiger partial charge in [-0.25, -0.2) is 0 Å². The summed E-state index contributed by atoms with van der Waals surface area (Å²) >= 11 is 3.36. The predicted octanol–water partition coefficient (Wildman–Crippen LogP) is 1.64. The van der Waals surface area contributed by atoms with Gasteiger partial charge in [-0.1, -0.05) is 11.8 Å². The van der Waals surface area contributed by atoms with Crippen molar-refractivity contribution in [3.05, 3.63) is 21.9 Å². The van der Waals surface area contributed by atoms with Crippen LogP contribution in [0, 0.1) is 11.8 Å². The Balaban J connectivity index is 2.15. The van der Waals surface area contributed by atoms with E-state index < -0.39 is 0 Å². The summed E-state index contributed by atoms with van der Waals surface area (Å²) in [6, 6.07) is 2.25. The molecular weight excluding hydrogens is 264 g/mol. The number of thioether (sulfide) groups is 1. The zero-order chi connectivity index (χ0) is 13.0. The zero-order valence-electron chi connectivity index (χ0n) is 10.3. The lowest BCUT2D eigenvalue weighted by Gasteiger charge is -2.23. The van der Waals surface area contributed by atoms with Crippen molar-refractivity contribution in [2.75, 3.05) is 25.1 Å². The summed E-state index contributed by atoms with van der Waals surface area (Å²) in [5.74, 6) is 8.03. The molecule has 0 aliphatic carbocycles. The van der Waals surface area contributed by atoms with Crippen LogP contribution in [0.3, 0.4) is 0 Å². The molecule has 0 bridgehead atoms. The number of amides is 1. The molecule has 0 radical (unpaired) electrons. The Labute approximate surface area is 116 Å². The van der Waals surface area contributed by atoms with E-state index in [2.05, 4.69) is 11.8 Å². The Morgan fingerprint density at radius 1 is 1.67 bits per heavy atom. The average molecular weight is 280 g/mol. The third kappa shape index (κ3) is 2.89. The van der Waals surface area contributed by atoms with Crippen LogP contribution in [0.5, 0.6) is 0 Å². The topological polar surface area (TPSA) is 46.3 Å². The number of carbonyl (C=O) groups excluding carboxylic acids is 1. The summed E-state index contributed by atoms with van der Waals surface area (Å²) < 4.78 is 0. The highest BCUT2D eigenvalue weighted by molar-refractivity contribution is 7.99. The van der Waals surface area contributed by atoms with E-state index in [0.29, 0.717) is 12.6 Å². The van der Waals surface area contributed by atoms with Gasteiger partial charge in [0, 0.05) is 24.4 Å². The SMILES string of the molecule is CN(C(=O)c1sccc1C#CCN)C1CCSC1. The van der Waals surface area contributed by atoms with E-state index in [-0.39, 0.29) is 5.91 Å². The molecule has 1 aliphatic heterocycles. The number of nitrogens with zero attached hydrogens (tertiary/aromatic N) is 1. The standard InChI is InChI=1S/C13H16N2OS2/c1-15(11-5-7-17-9-11)13(16)12-10(3-2-6-14)4-8-18-12/h4,8,11H,5-7,9,14H2,1H3.